The quantitative estimate of drug-likeness (QED) is 0.710. The van der Waals surface area contributed by atoms with Gasteiger partial charge in [0, 0.05) is 9.26 Å². The maximum Gasteiger partial charge on any atom is 0.0516 e. The minimum absolute atomic E-state index is 0.450. The topological polar surface area (TPSA) is 12.0 Å². The van der Waals surface area contributed by atoms with Crippen molar-refractivity contribution in [3.8, 4) is 0 Å². The first-order valence-electron chi connectivity index (χ1n) is 6.85. The molecule has 1 nitrogen and oxygen atoms in total. The number of benzene rings is 2. The first kappa shape index (κ1) is 13.0. The van der Waals surface area contributed by atoms with Gasteiger partial charge in [0.1, 0.15) is 0 Å². The molecule has 0 spiro atoms. The lowest BCUT2D eigenvalue weighted by Gasteiger charge is -2.31. The largest absolute Gasteiger partial charge is 0.378 e. The summed E-state index contributed by atoms with van der Waals surface area (Å²) in [5.41, 5.74) is 4.21. The lowest BCUT2D eigenvalue weighted by atomic mass is 9.81. The van der Waals surface area contributed by atoms with Crippen molar-refractivity contribution in [3.05, 3.63) is 63.2 Å². The van der Waals surface area contributed by atoms with Crippen molar-refractivity contribution in [2.24, 2.45) is 0 Å². The fourth-order valence-electron chi connectivity index (χ4n) is 2.93. The van der Waals surface area contributed by atoms with Gasteiger partial charge in [-0.05, 0) is 70.7 Å². The Morgan fingerprint density at radius 1 is 1.00 bits per heavy atom. The van der Waals surface area contributed by atoms with E-state index < -0.39 is 0 Å². The molecule has 19 heavy (non-hydrogen) atoms. The summed E-state index contributed by atoms with van der Waals surface area (Å²) in [6, 6.07) is 17.9. The third-order valence-electron chi connectivity index (χ3n) is 3.96. The van der Waals surface area contributed by atoms with Crippen LogP contribution in [0.1, 0.15) is 42.9 Å². The average molecular weight is 363 g/mol. The molecule has 0 radical (unpaired) electrons. The Morgan fingerprint density at radius 3 is 2.58 bits per heavy atom. The normalized spacial score (nSPS) is 21.8. The number of halogens is 1. The molecule has 0 heterocycles. The van der Waals surface area contributed by atoms with Gasteiger partial charge in [-0.3, -0.25) is 0 Å². The maximum absolute atomic E-state index is 3.69. The summed E-state index contributed by atoms with van der Waals surface area (Å²) >= 11 is 2.36. The molecule has 98 valence electrons. The second-order valence-corrected chi connectivity index (χ2v) is 6.56. The Kier molecular flexibility index (Phi) is 3.78. The molecule has 2 unspecified atom stereocenters. The van der Waals surface area contributed by atoms with Gasteiger partial charge in [0.25, 0.3) is 0 Å². The summed E-state index contributed by atoms with van der Waals surface area (Å²) in [5.74, 6) is 0.685. The molecule has 0 fully saturated rings. The molecular weight excluding hydrogens is 345 g/mol. The molecule has 1 aliphatic rings. The van der Waals surface area contributed by atoms with Crippen molar-refractivity contribution in [1.29, 1.82) is 0 Å². The number of nitrogens with one attached hydrogen (secondary N) is 1. The first-order chi connectivity index (χ1) is 9.24. The van der Waals surface area contributed by atoms with Crippen LogP contribution in [0, 0.1) is 3.57 Å². The highest BCUT2D eigenvalue weighted by atomic mass is 127. The first-order valence-corrected chi connectivity index (χ1v) is 7.93. The molecule has 2 heteroatoms. The molecule has 0 saturated carbocycles. The van der Waals surface area contributed by atoms with Crippen molar-refractivity contribution in [2.45, 2.75) is 31.7 Å². The summed E-state index contributed by atoms with van der Waals surface area (Å²) in [4.78, 5) is 0. The summed E-state index contributed by atoms with van der Waals surface area (Å²) < 4.78 is 1.28. The fourth-order valence-corrected chi connectivity index (χ4v) is 3.48. The van der Waals surface area contributed by atoms with Gasteiger partial charge in [0.15, 0.2) is 0 Å². The molecule has 0 aliphatic heterocycles. The molecule has 1 N–H and O–H groups in total. The smallest absolute Gasteiger partial charge is 0.0516 e. The Hall–Kier alpha value is -1.03. The van der Waals surface area contributed by atoms with Gasteiger partial charge in [0.2, 0.25) is 0 Å². The standard InChI is InChI=1S/C17H18IN/c1-12-9-10-17(16-8-3-2-7-15(12)16)19-14-6-4-5-13(18)11-14/h2-8,11-12,17,19H,9-10H2,1H3. The van der Waals surface area contributed by atoms with E-state index in [-0.39, 0.29) is 0 Å². The summed E-state index contributed by atoms with van der Waals surface area (Å²) in [5, 5.41) is 3.69. The van der Waals surface area contributed by atoms with Crippen molar-refractivity contribution in [2.75, 3.05) is 5.32 Å². The molecule has 2 atom stereocenters. The minimum Gasteiger partial charge on any atom is -0.378 e. The number of anilines is 1. The van der Waals surface area contributed by atoms with Crippen molar-refractivity contribution < 1.29 is 0 Å². The Balaban J connectivity index is 1.89. The fraction of sp³-hybridized carbons (Fsp3) is 0.294. The van der Waals surface area contributed by atoms with E-state index in [1.165, 1.54) is 33.2 Å². The van der Waals surface area contributed by atoms with E-state index in [4.69, 9.17) is 0 Å². The van der Waals surface area contributed by atoms with Crippen LogP contribution in [0.4, 0.5) is 5.69 Å². The molecule has 3 rings (SSSR count). The van der Waals surface area contributed by atoms with Crippen LogP contribution < -0.4 is 5.32 Å². The van der Waals surface area contributed by atoms with Gasteiger partial charge in [-0.25, -0.2) is 0 Å². The van der Waals surface area contributed by atoms with Crippen molar-refractivity contribution in [3.63, 3.8) is 0 Å². The second kappa shape index (κ2) is 5.53. The second-order valence-electron chi connectivity index (χ2n) is 5.31. The lowest BCUT2D eigenvalue weighted by Crippen LogP contribution is -2.19. The molecule has 2 aromatic rings. The van der Waals surface area contributed by atoms with Crippen LogP contribution in [-0.4, -0.2) is 0 Å². The number of fused-ring (bicyclic) bond motifs is 1. The SMILES string of the molecule is CC1CCC(Nc2cccc(I)c2)c2ccccc21. The van der Waals surface area contributed by atoms with Gasteiger partial charge >= 0.3 is 0 Å². The molecule has 2 aromatic carbocycles. The average Bonchev–Trinajstić information content (AvgIpc) is 2.42. The van der Waals surface area contributed by atoms with Gasteiger partial charge in [-0.15, -0.1) is 0 Å². The summed E-state index contributed by atoms with van der Waals surface area (Å²) in [6.45, 7) is 2.33. The van der Waals surface area contributed by atoms with E-state index in [0.717, 1.165) is 0 Å². The third kappa shape index (κ3) is 2.78. The highest BCUT2D eigenvalue weighted by molar-refractivity contribution is 14.1. The van der Waals surface area contributed by atoms with Gasteiger partial charge in [0.05, 0.1) is 6.04 Å². The van der Waals surface area contributed by atoms with Gasteiger partial charge in [-0.2, -0.15) is 0 Å². The zero-order valence-corrected chi connectivity index (χ0v) is 13.2. The number of rotatable bonds is 2. The van der Waals surface area contributed by atoms with Crippen LogP contribution in [0.15, 0.2) is 48.5 Å². The Bertz CT molecular complexity index is 579. The van der Waals surface area contributed by atoms with Crippen LogP contribution in [0.5, 0.6) is 0 Å². The maximum atomic E-state index is 3.69. The van der Waals surface area contributed by atoms with E-state index in [2.05, 4.69) is 83.4 Å². The zero-order chi connectivity index (χ0) is 13.2. The van der Waals surface area contributed by atoms with E-state index in [1.807, 2.05) is 0 Å². The zero-order valence-electron chi connectivity index (χ0n) is 11.1. The molecule has 0 amide bonds. The number of hydrogen-bond donors (Lipinski definition) is 1. The molecular formula is C17H18IN. The Morgan fingerprint density at radius 2 is 1.79 bits per heavy atom. The third-order valence-corrected chi connectivity index (χ3v) is 4.63. The van der Waals surface area contributed by atoms with Crippen molar-refractivity contribution >= 4 is 28.3 Å². The molecule has 0 aromatic heterocycles. The Labute approximate surface area is 128 Å². The summed E-state index contributed by atoms with van der Waals surface area (Å²) in [6.07, 6.45) is 2.47. The molecule has 0 bridgehead atoms. The van der Waals surface area contributed by atoms with E-state index in [9.17, 15) is 0 Å². The van der Waals surface area contributed by atoms with Crippen LogP contribution in [-0.2, 0) is 0 Å². The van der Waals surface area contributed by atoms with E-state index in [0.29, 0.717) is 12.0 Å². The lowest BCUT2D eigenvalue weighted by molar-refractivity contribution is 0.534. The molecule has 0 saturated heterocycles. The number of hydrogen-bond acceptors (Lipinski definition) is 1. The monoisotopic (exact) mass is 363 g/mol. The van der Waals surface area contributed by atoms with E-state index >= 15 is 0 Å². The highest BCUT2D eigenvalue weighted by Crippen LogP contribution is 2.38. The van der Waals surface area contributed by atoms with Crippen LogP contribution in [0.2, 0.25) is 0 Å². The van der Waals surface area contributed by atoms with Crippen molar-refractivity contribution in [1.82, 2.24) is 0 Å². The van der Waals surface area contributed by atoms with Gasteiger partial charge < -0.3 is 5.32 Å². The van der Waals surface area contributed by atoms with E-state index in [1.54, 1.807) is 0 Å². The van der Waals surface area contributed by atoms with Gasteiger partial charge in [-0.1, -0.05) is 37.3 Å². The predicted molar refractivity (Wildman–Crippen MR) is 89.6 cm³/mol. The van der Waals surface area contributed by atoms with Crippen LogP contribution in [0.25, 0.3) is 0 Å². The predicted octanol–water partition coefficient (Wildman–Crippen LogP) is 5.34. The molecule has 1 aliphatic carbocycles. The van der Waals surface area contributed by atoms with Crippen LogP contribution in [0.3, 0.4) is 0 Å². The minimum atomic E-state index is 0.450. The van der Waals surface area contributed by atoms with Crippen LogP contribution >= 0.6 is 22.6 Å². The highest BCUT2D eigenvalue weighted by Gasteiger charge is 2.23. The summed E-state index contributed by atoms with van der Waals surface area (Å²) in [7, 11) is 0.